The molecule has 0 radical (unpaired) electrons. The van der Waals surface area contributed by atoms with Gasteiger partial charge in [-0.1, -0.05) is 52.2 Å². The van der Waals surface area contributed by atoms with Gasteiger partial charge in [0.15, 0.2) is 0 Å². The molecule has 2 nitrogen and oxygen atoms in total. The van der Waals surface area contributed by atoms with Gasteiger partial charge in [0.05, 0.1) is 0 Å². The number of rotatable bonds is 8. The molecule has 0 aliphatic heterocycles. The Morgan fingerprint density at radius 3 is 2.41 bits per heavy atom. The minimum atomic E-state index is 0.0811. The van der Waals surface area contributed by atoms with Crippen LogP contribution < -0.4 is 5.32 Å². The van der Waals surface area contributed by atoms with Crippen molar-refractivity contribution >= 4 is 5.91 Å². The maximum Gasteiger partial charge on any atom is 0.223 e. The molecule has 2 heteroatoms. The predicted octanol–water partition coefficient (Wildman–Crippen LogP) is 3.47. The Hall–Kier alpha value is -1.31. The molecule has 0 bridgehead atoms. The summed E-state index contributed by atoms with van der Waals surface area (Å²) >= 11 is 0. The Morgan fingerprint density at radius 1 is 1.29 bits per heavy atom. The van der Waals surface area contributed by atoms with Gasteiger partial charge in [-0.05, 0) is 24.3 Å². The molecule has 1 amide bonds. The highest BCUT2D eigenvalue weighted by Gasteiger charge is 2.15. The Labute approximate surface area is 105 Å². The lowest BCUT2D eigenvalue weighted by Crippen LogP contribution is -2.32. The molecule has 0 aromatic carbocycles. The van der Waals surface area contributed by atoms with Gasteiger partial charge >= 0.3 is 0 Å². The molecule has 1 atom stereocenters. The standard InChI is InChI=1S/C15H25NO/c1-6-9-14(7-2)10-8-11-16-15(17)13(5)12(3)4/h6-7,9,12-13H,1-2,8,10-11H2,3-5H3,(H,16,17)/b14-9+. The molecule has 0 aromatic rings. The van der Waals surface area contributed by atoms with Crippen molar-refractivity contribution in [2.75, 3.05) is 6.54 Å². The second kappa shape index (κ2) is 8.80. The van der Waals surface area contributed by atoms with Crippen molar-refractivity contribution in [3.05, 3.63) is 37.0 Å². The van der Waals surface area contributed by atoms with Gasteiger partial charge in [0.2, 0.25) is 5.91 Å². The Kier molecular flexibility index (Phi) is 8.12. The summed E-state index contributed by atoms with van der Waals surface area (Å²) in [5.41, 5.74) is 1.16. The Bertz CT molecular complexity index is 289. The fraction of sp³-hybridized carbons (Fsp3) is 0.533. The highest BCUT2D eigenvalue weighted by Crippen LogP contribution is 2.09. The predicted molar refractivity (Wildman–Crippen MR) is 74.7 cm³/mol. The molecule has 0 spiro atoms. The quantitative estimate of drug-likeness (QED) is 0.506. The van der Waals surface area contributed by atoms with Crippen LogP contribution in [0.2, 0.25) is 0 Å². The fourth-order valence-electron chi connectivity index (χ4n) is 1.37. The van der Waals surface area contributed by atoms with Gasteiger partial charge in [-0.15, -0.1) is 0 Å². The van der Waals surface area contributed by atoms with Gasteiger partial charge < -0.3 is 5.32 Å². The molecule has 1 N–H and O–H groups in total. The largest absolute Gasteiger partial charge is 0.356 e. The van der Waals surface area contributed by atoms with Crippen LogP contribution in [0.4, 0.5) is 0 Å². The van der Waals surface area contributed by atoms with Gasteiger partial charge in [0.1, 0.15) is 0 Å². The van der Waals surface area contributed by atoms with Crippen molar-refractivity contribution in [2.24, 2.45) is 11.8 Å². The summed E-state index contributed by atoms with van der Waals surface area (Å²) in [6, 6.07) is 0. The summed E-state index contributed by atoms with van der Waals surface area (Å²) in [7, 11) is 0. The second-order valence-corrected chi connectivity index (χ2v) is 4.61. The van der Waals surface area contributed by atoms with E-state index in [2.05, 4.69) is 32.3 Å². The number of carbonyl (C=O) groups excluding carboxylic acids is 1. The number of hydrogen-bond acceptors (Lipinski definition) is 1. The molecule has 0 fully saturated rings. The zero-order chi connectivity index (χ0) is 13.3. The van der Waals surface area contributed by atoms with Gasteiger partial charge in [-0.3, -0.25) is 4.79 Å². The molecule has 0 rings (SSSR count). The molecule has 0 aliphatic carbocycles. The van der Waals surface area contributed by atoms with Crippen LogP contribution in [0.5, 0.6) is 0 Å². The summed E-state index contributed by atoms with van der Waals surface area (Å²) < 4.78 is 0. The van der Waals surface area contributed by atoms with E-state index in [0.717, 1.165) is 25.0 Å². The number of allylic oxidation sites excluding steroid dienone is 4. The summed E-state index contributed by atoms with van der Waals surface area (Å²) in [5, 5.41) is 2.96. The number of hydrogen-bond donors (Lipinski definition) is 1. The van der Waals surface area contributed by atoms with Crippen molar-refractivity contribution in [1.29, 1.82) is 0 Å². The van der Waals surface area contributed by atoms with E-state index < -0.39 is 0 Å². The second-order valence-electron chi connectivity index (χ2n) is 4.61. The molecule has 0 saturated heterocycles. The van der Waals surface area contributed by atoms with Crippen LogP contribution in [0.25, 0.3) is 0 Å². The van der Waals surface area contributed by atoms with E-state index in [1.807, 2.05) is 19.1 Å². The highest BCUT2D eigenvalue weighted by atomic mass is 16.1. The van der Waals surface area contributed by atoms with E-state index in [4.69, 9.17) is 0 Å². The summed E-state index contributed by atoms with van der Waals surface area (Å²) in [5.74, 6) is 0.616. The lowest BCUT2D eigenvalue weighted by molar-refractivity contribution is -0.125. The molecule has 0 heterocycles. The minimum Gasteiger partial charge on any atom is -0.356 e. The zero-order valence-electron chi connectivity index (χ0n) is 11.3. The molecule has 96 valence electrons. The van der Waals surface area contributed by atoms with Crippen LogP contribution in [0, 0.1) is 11.8 Å². The van der Waals surface area contributed by atoms with E-state index in [9.17, 15) is 4.79 Å². The van der Waals surface area contributed by atoms with Crippen LogP contribution in [-0.2, 0) is 4.79 Å². The third kappa shape index (κ3) is 6.77. The van der Waals surface area contributed by atoms with Gasteiger partial charge in [-0.2, -0.15) is 0 Å². The van der Waals surface area contributed by atoms with Crippen LogP contribution in [0.1, 0.15) is 33.6 Å². The normalized spacial score (nSPS) is 13.3. The Morgan fingerprint density at radius 2 is 1.94 bits per heavy atom. The van der Waals surface area contributed by atoms with Crippen molar-refractivity contribution in [2.45, 2.75) is 33.6 Å². The smallest absolute Gasteiger partial charge is 0.223 e. The van der Waals surface area contributed by atoms with E-state index in [0.29, 0.717) is 5.92 Å². The summed E-state index contributed by atoms with van der Waals surface area (Å²) in [6.07, 6.45) is 7.40. The maximum absolute atomic E-state index is 11.7. The first kappa shape index (κ1) is 15.7. The lowest BCUT2D eigenvalue weighted by Gasteiger charge is -2.15. The van der Waals surface area contributed by atoms with E-state index in [-0.39, 0.29) is 11.8 Å². The first-order chi connectivity index (χ1) is 8.02. The molecular formula is C15H25NO. The molecule has 0 aromatic heterocycles. The zero-order valence-corrected chi connectivity index (χ0v) is 11.3. The van der Waals surface area contributed by atoms with Gasteiger partial charge in [-0.25, -0.2) is 0 Å². The first-order valence-corrected chi connectivity index (χ1v) is 6.24. The summed E-state index contributed by atoms with van der Waals surface area (Å²) in [6.45, 7) is 14.2. The molecular weight excluding hydrogens is 210 g/mol. The number of amides is 1. The van der Waals surface area contributed by atoms with Crippen molar-refractivity contribution < 1.29 is 4.79 Å². The van der Waals surface area contributed by atoms with E-state index >= 15 is 0 Å². The lowest BCUT2D eigenvalue weighted by atomic mass is 9.97. The topological polar surface area (TPSA) is 29.1 Å². The van der Waals surface area contributed by atoms with Gasteiger partial charge in [0.25, 0.3) is 0 Å². The van der Waals surface area contributed by atoms with Crippen molar-refractivity contribution in [1.82, 2.24) is 5.32 Å². The third-order valence-corrected chi connectivity index (χ3v) is 2.95. The van der Waals surface area contributed by atoms with Crippen molar-refractivity contribution in [3.63, 3.8) is 0 Å². The summed E-state index contributed by atoms with van der Waals surface area (Å²) in [4.78, 5) is 11.7. The van der Waals surface area contributed by atoms with E-state index in [1.165, 1.54) is 0 Å². The molecule has 0 saturated carbocycles. The monoisotopic (exact) mass is 235 g/mol. The first-order valence-electron chi connectivity index (χ1n) is 6.24. The average molecular weight is 235 g/mol. The van der Waals surface area contributed by atoms with Crippen LogP contribution in [0.3, 0.4) is 0 Å². The number of nitrogens with one attached hydrogen (secondary N) is 1. The van der Waals surface area contributed by atoms with Gasteiger partial charge in [0, 0.05) is 12.5 Å². The highest BCUT2D eigenvalue weighted by molar-refractivity contribution is 5.78. The van der Waals surface area contributed by atoms with E-state index in [1.54, 1.807) is 6.08 Å². The van der Waals surface area contributed by atoms with Crippen LogP contribution in [0.15, 0.2) is 37.0 Å². The van der Waals surface area contributed by atoms with Crippen LogP contribution >= 0.6 is 0 Å². The molecule has 1 unspecified atom stereocenters. The molecule has 17 heavy (non-hydrogen) atoms. The van der Waals surface area contributed by atoms with Crippen LogP contribution in [-0.4, -0.2) is 12.5 Å². The third-order valence-electron chi connectivity index (χ3n) is 2.95. The van der Waals surface area contributed by atoms with Crippen molar-refractivity contribution in [3.8, 4) is 0 Å². The maximum atomic E-state index is 11.7. The Balaban J connectivity index is 3.85. The average Bonchev–Trinajstić information content (AvgIpc) is 2.31. The fourth-order valence-corrected chi connectivity index (χ4v) is 1.37. The SMILES string of the molecule is C=C/C=C(\C=C)CCCNC(=O)C(C)C(C)C. The minimum absolute atomic E-state index is 0.0811. The number of carbonyl (C=O) groups is 1. The molecule has 0 aliphatic rings.